The van der Waals surface area contributed by atoms with Gasteiger partial charge in [0, 0.05) is 45.2 Å². The zero-order valence-corrected chi connectivity index (χ0v) is 24.4. The molecule has 7 nitrogen and oxygen atoms in total. The monoisotopic (exact) mass is 543 g/mol. The van der Waals surface area contributed by atoms with Crippen LogP contribution in [0.25, 0.3) is 0 Å². The Balaban J connectivity index is 1.06. The molecule has 0 spiro atoms. The average Bonchev–Trinajstić information content (AvgIpc) is 3.56. The van der Waals surface area contributed by atoms with E-state index in [1.54, 1.807) is 6.33 Å². The van der Waals surface area contributed by atoms with Crippen LogP contribution in [0.1, 0.15) is 78.7 Å². The number of nitrogens with zero attached hydrogens (tertiary/aromatic N) is 5. The normalized spacial score (nSPS) is 25.2. The lowest BCUT2D eigenvalue weighted by molar-refractivity contribution is -0.138. The van der Waals surface area contributed by atoms with E-state index >= 15 is 0 Å². The molecule has 0 N–H and O–H groups in total. The van der Waals surface area contributed by atoms with E-state index in [1.165, 1.54) is 24.8 Å². The Labute approximate surface area is 239 Å². The highest BCUT2D eigenvalue weighted by Crippen LogP contribution is 2.41. The fraction of sp³-hybridized carbons (Fsp3) is 0.636. The molecule has 3 saturated heterocycles. The van der Waals surface area contributed by atoms with E-state index in [0.29, 0.717) is 23.3 Å². The molecule has 2 unspecified atom stereocenters. The minimum absolute atomic E-state index is 0.0918. The molecule has 4 heterocycles. The van der Waals surface area contributed by atoms with Crippen LogP contribution in [0.2, 0.25) is 0 Å². The van der Waals surface area contributed by atoms with Gasteiger partial charge in [0.05, 0.1) is 17.0 Å². The first-order valence-corrected chi connectivity index (χ1v) is 15.6. The van der Waals surface area contributed by atoms with Crippen molar-refractivity contribution in [2.45, 2.75) is 70.6 Å². The van der Waals surface area contributed by atoms with Crippen LogP contribution >= 0.6 is 0 Å². The molecule has 1 aromatic carbocycles. The maximum absolute atomic E-state index is 13.3. The van der Waals surface area contributed by atoms with E-state index in [2.05, 4.69) is 50.1 Å². The number of hydrogen-bond donors (Lipinski definition) is 0. The smallest absolute Gasteiger partial charge is 0.257 e. The van der Waals surface area contributed by atoms with Crippen LogP contribution in [0.15, 0.2) is 36.7 Å². The van der Waals surface area contributed by atoms with Crippen molar-refractivity contribution >= 4 is 11.8 Å². The summed E-state index contributed by atoms with van der Waals surface area (Å²) in [5.41, 5.74) is 3.79. The lowest BCUT2D eigenvalue weighted by Gasteiger charge is -2.44. The van der Waals surface area contributed by atoms with Gasteiger partial charge in [-0.1, -0.05) is 49.6 Å². The Morgan fingerprint density at radius 3 is 2.10 bits per heavy atom. The molecule has 4 fully saturated rings. The number of aryl methyl sites for hydroxylation is 2. The van der Waals surface area contributed by atoms with Gasteiger partial charge in [-0.2, -0.15) is 0 Å². The van der Waals surface area contributed by atoms with E-state index < -0.39 is 0 Å². The molecular weight excluding hydrogens is 498 g/mol. The Hall–Kier alpha value is -2.80. The minimum Gasteiger partial charge on any atom is -0.342 e. The quantitative estimate of drug-likeness (QED) is 0.532. The SMILES string of the molecule is Cc1ncnc(C)c1C(=O)N1CC2CN(CCC3(c4ccccc4)CCN(C(=O)C4CCCCC4)CC3)CC2C1. The minimum atomic E-state index is 0.0918. The van der Waals surface area contributed by atoms with Crippen LogP contribution in [0.3, 0.4) is 0 Å². The molecule has 2 amide bonds. The van der Waals surface area contributed by atoms with Crippen LogP contribution in [-0.4, -0.2) is 82.3 Å². The first-order chi connectivity index (χ1) is 19.4. The maximum atomic E-state index is 13.3. The second kappa shape index (κ2) is 11.6. The summed E-state index contributed by atoms with van der Waals surface area (Å²) in [5, 5.41) is 0. The Morgan fingerprint density at radius 2 is 1.48 bits per heavy atom. The van der Waals surface area contributed by atoms with Crippen molar-refractivity contribution in [2.24, 2.45) is 17.8 Å². The third kappa shape index (κ3) is 5.41. The second-order valence-corrected chi connectivity index (χ2v) is 13.0. The molecule has 1 saturated carbocycles. The molecule has 1 aliphatic carbocycles. The summed E-state index contributed by atoms with van der Waals surface area (Å²) in [7, 11) is 0. The first kappa shape index (κ1) is 27.4. The number of hydrogen-bond acceptors (Lipinski definition) is 5. The number of benzene rings is 1. The standard InChI is InChI=1S/C33H45N5O2/c1-24-30(25(2)35-23-34-24)32(40)38-21-27-19-36(20-28(27)22-38)16-13-33(29-11-7-4-8-12-29)14-17-37(18-15-33)31(39)26-9-5-3-6-10-26/h4,7-8,11-12,23,26-28H,3,5-6,9-10,13-22H2,1-2H3. The predicted octanol–water partition coefficient (Wildman–Crippen LogP) is 4.63. The highest BCUT2D eigenvalue weighted by Gasteiger charge is 2.44. The predicted molar refractivity (Wildman–Crippen MR) is 156 cm³/mol. The summed E-state index contributed by atoms with van der Waals surface area (Å²) in [5.74, 6) is 1.85. The summed E-state index contributed by atoms with van der Waals surface area (Å²) in [6.45, 7) is 10.4. The number of aromatic nitrogens is 2. The molecule has 7 heteroatoms. The molecule has 1 aromatic heterocycles. The highest BCUT2D eigenvalue weighted by molar-refractivity contribution is 5.96. The lowest BCUT2D eigenvalue weighted by Crippen LogP contribution is -2.48. The van der Waals surface area contributed by atoms with Gasteiger partial charge in [-0.25, -0.2) is 9.97 Å². The fourth-order valence-electron chi connectivity index (χ4n) is 8.11. The third-order valence-electron chi connectivity index (χ3n) is 10.6. The van der Waals surface area contributed by atoms with Crippen molar-refractivity contribution in [3.8, 4) is 0 Å². The number of carbonyl (C=O) groups excluding carboxylic acids is 2. The van der Waals surface area contributed by atoms with Crippen molar-refractivity contribution < 1.29 is 9.59 Å². The molecule has 0 radical (unpaired) electrons. The number of carbonyl (C=O) groups is 2. The summed E-state index contributed by atoms with van der Waals surface area (Å²) < 4.78 is 0. The van der Waals surface area contributed by atoms with Gasteiger partial charge >= 0.3 is 0 Å². The maximum Gasteiger partial charge on any atom is 0.257 e. The summed E-state index contributed by atoms with van der Waals surface area (Å²) in [6.07, 6.45) is 10.6. The van der Waals surface area contributed by atoms with Crippen LogP contribution in [0.4, 0.5) is 0 Å². The lowest BCUT2D eigenvalue weighted by atomic mass is 9.70. The largest absolute Gasteiger partial charge is 0.342 e. The van der Waals surface area contributed by atoms with Gasteiger partial charge in [0.2, 0.25) is 5.91 Å². The zero-order valence-electron chi connectivity index (χ0n) is 24.4. The van der Waals surface area contributed by atoms with Crippen LogP contribution in [0.5, 0.6) is 0 Å². The molecule has 4 aliphatic rings. The molecule has 2 aromatic rings. The second-order valence-electron chi connectivity index (χ2n) is 13.0. The van der Waals surface area contributed by atoms with Crippen molar-refractivity contribution in [1.82, 2.24) is 24.7 Å². The number of rotatable bonds is 6. The van der Waals surface area contributed by atoms with Crippen LogP contribution in [0, 0.1) is 31.6 Å². The number of fused-ring (bicyclic) bond motifs is 1. The third-order valence-corrected chi connectivity index (χ3v) is 10.6. The van der Waals surface area contributed by atoms with Gasteiger partial charge in [0.15, 0.2) is 0 Å². The molecule has 0 bridgehead atoms. The van der Waals surface area contributed by atoms with Gasteiger partial charge in [-0.15, -0.1) is 0 Å². The molecule has 214 valence electrons. The summed E-state index contributed by atoms with van der Waals surface area (Å²) >= 11 is 0. The molecular formula is C33H45N5O2. The molecule has 40 heavy (non-hydrogen) atoms. The van der Waals surface area contributed by atoms with Gasteiger partial charge in [-0.05, 0) is 75.3 Å². The van der Waals surface area contributed by atoms with Crippen molar-refractivity contribution in [3.05, 3.63) is 59.2 Å². The zero-order chi connectivity index (χ0) is 27.7. The van der Waals surface area contributed by atoms with E-state index in [9.17, 15) is 9.59 Å². The van der Waals surface area contributed by atoms with Crippen LogP contribution in [-0.2, 0) is 10.2 Å². The van der Waals surface area contributed by atoms with E-state index in [1.807, 2.05) is 18.7 Å². The fourth-order valence-corrected chi connectivity index (χ4v) is 8.11. The van der Waals surface area contributed by atoms with Crippen molar-refractivity contribution in [2.75, 3.05) is 45.8 Å². The molecule has 3 aliphatic heterocycles. The first-order valence-electron chi connectivity index (χ1n) is 15.6. The Bertz CT molecular complexity index is 1170. The topological polar surface area (TPSA) is 69.6 Å². The van der Waals surface area contributed by atoms with E-state index in [-0.39, 0.29) is 17.2 Å². The van der Waals surface area contributed by atoms with Gasteiger partial charge in [0.1, 0.15) is 6.33 Å². The summed E-state index contributed by atoms with van der Waals surface area (Å²) in [4.78, 5) is 42.0. The average molecular weight is 544 g/mol. The van der Waals surface area contributed by atoms with E-state index in [0.717, 1.165) is 89.3 Å². The molecule has 2 atom stereocenters. The van der Waals surface area contributed by atoms with Crippen LogP contribution < -0.4 is 0 Å². The van der Waals surface area contributed by atoms with Crippen molar-refractivity contribution in [3.63, 3.8) is 0 Å². The Kier molecular flexibility index (Phi) is 7.93. The summed E-state index contributed by atoms with van der Waals surface area (Å²) in [6, 6.07) is 11.1. The number of piperidine rings is 1. The molecule has 6 rings (SSSR count). The Morgan fingerprint density at radius 1 is 0.850 bits per heavy atom. The van der Waals surface area contributed by atoms with Crippen molar-refractivity contribution in [1.29, 1.82) is 0 Å². The van der Waals surface area contributed by atoms with Gasteiger partial charge in [-0.3, -0.25) is 9.59 Å². The van der Waals surface area contributed by atoms with E-state index in [4.69, 9.17) is 0 Å². The highest BCUT2D eigenvalue weighted by atomic mass is 16.2. The van der Waals surface area contributed by atoms with Gasteiger partial charge in [0.25, 0.3) is 5.91 Å². The number of amides is 2. The van der Waals surface area contributed by atoms with Gasteiger partial charge < -0.3 is 14.7 Å². The number of likely N-dealkylation sites (tertiary alicyclic amines) is 3.